The lowest BCUT2D eigenvalue weighted by atomic mass is 10.2. The van der Waals surface area contributed by atoms with Gasteiger partial charge >= 0.3 is 0 Å². The van der Waals surface area contributed by atoms with Gasteiger partial charge in [-0.25, -0.2) is 0 Å². The monoisotopic (exact) mass is 151 g/mol. The Labute approximate surface area is 64.3 Å². The number of hydrogen-bond acceptors (Lipinski definition) is 3. The summed E-state index contributed by atoms with van der Waals surface area (Å²) in [4.78, 5) is 10.7. The molecule has 1 heterocycles. The van der Waals surface area contributed by atoms with Crippen molar-refractivity contribution in [3.8, 4) is 0 Å². The van der Waals surface area contributed by atoms with Crippen LogP contribution in [-0.2, 0) is 11.2 Å². The van der Waals surface area contributed by atoms with Crippen LogP contribution in [0.25, 0.3) is 0 Å². The minimum absolute atomic E-state index is 0.0352. The first-order chi connectivity index (χ1) is 5.33. The van der Waals surface area contributed by atoms with Gasteiger partial charge in [0.1, 0.15) is 0 Å². The van der Waals surface area contributed by atoms with Crippen LogP contribution in [0.5, 0.6) is 0 Å². The summed E-state index contributed by atoms with van der Waals surface area (Å²) in [6.45, 7) is 3.37. The summed E-state index contributed by atoms with van der Waals surface area (Å²) in [5.41, 5.74) is 0.806. The van der Waals surface area contributed by atoms with E-state index >= 15 is 0 Å². The second-order valence-electron chi connectivity index (χ2n) is 2.13. The predicted molar refractivity (Wildman–Crippen MR) is 39.9 cm³/mol. The average molecular weight is 151 g/mol. The Morgan fingerprint density at radius 2 is 2.64 bits per heavy atom. The van der Waals surface area contributed by atoms with Gasteiger partial charge < -0.3 is 0 Å². The Morgan fingerprint density at radius 3 is 3.18 bits per heavy atom. The first kappa shape index (κ1) is 7.65. The van der Waals surface area contributed by atoms with Gasteiger partial charge in [-0.3, -0.25) is 4.79 Å². The van der Waals surface area contributed by atoms with E-state index in [4.69, 9.17) is 0 Å². The third-order valence-electron chi connectivity index (χ3n) is 1.32. The Balaban J connectivity index is 2.34. The Morgan fingerprint density at radius 1 is 1.82 bits per heavy atom. The number of ketones is 1. The van der Waals surface area contributed by atoms with Crippen LogP contribution >= 0.6 is 0 Å². The van der Waals surface area contributed by atoms with Crippen molar-refractivity contribution in [1.29, 1.82) is 0 Å². The van der Waals surface area contributed by atoms with E-state index in [0.717, 1.165) is 5.69 Å². The molecule has 11 heavy (non-hydrogen) atoms. The number of nitrogens with zero attached hydrogens (tertiary/aromatic N) is 2. The molecule has 4 nitrogen and oxygen atoms in total. The molecule has 0 atom stereocenters. The van der Waals surface area contributed by atoms with Crippen molar-refractivity contribution >= 4 is 5.78 Å². The number of hydrogen-bond donors (Lipinski definition) is 1. The second-order valence-corrected chi connectivity index (χ2v) is 2.13. The van der Waals surface area contributed by atoms with Crippen molar-refractivity contribution in [2.75, 3.05) is 0 Å². The van der Waals surface area contributed by atoms with E-state index in [-0.39, 0.29) is 5.78 Å². The summed E-state index contributed by atoms with van der Waals surface area (Å²) in [6.07, 6.45) is 4.01. The molecule has 0 spiro atoms. The van der Waals surface area contributed by atoms with E-state index in [1.54, 1.807) is 6.20 Å². The van der Waals surface area contributed by atoms with Gasteiger partial charge in [0.15, 0.2) is 5.78 Å². The second kappa shape index (κ2) is 3.65. The van der Waals surface area contributed by atoms with Crippen molar-refractivity contribution < 1.29 is 4.79 Å². The third-order valence-corrected chi connectivity index (χ3v) is 1.32. The smallest absolute Gasteiger partial charge is 0.155 e. The largest absolute Gasteiger partial charge is 0.295 e. The van der Waals surface area contributed by atoms with E-state index in [9.17, 15) is 4.79 Å². The van der Waals surface area contributed by atoms with Crippen LogP contribution in [0.4, 0.5) is 0 Å². The average Bonchev–Trinajstić information content (AvgIpc) is 2.52. The molecule has 0 aliphatic rings. The molecule has 1 N–H and O–H groups in total. The minimum Gasteiger partial charge on any atom is -0.295 e. The maximum atomic E-state index is 10.7. The molecule has 0 aliphatic heterocycles. The zero-order valence-electron chi connectivity index (χ0n) is 6.08. The highest BCUT2D eigenvalue weighted by Gasteiger charge is 1.99. The third kappa shape index (κ3) is 2.33. The van der Waals surface area contributed by atoms with E-state index < -0.39 is 0 Å². The van der Waals surface area contributed by atoms with Crippen molar-refractivity contribution in [3.63, 3.8) is 0 Å². The predicted octanol–water partition coefficient (Wildman–Crippen LogP) is 0.492. The van der Waals surface area contributed by atoms with E-state index in [2.05, 4.69) is 22.0 Å². The molecule has 58 valence electrons. The summed E-state index contributed by atoms with van der Waals surface area (Å²) < 4.78 is 0. The lowest BCUT2D eigenvalue weighted by Gasteiger charge is -1.89. The highest BCUT2D eigenvalue weighted by atomic mass is 16.1. The normalized spacial score (nSPS) is 9.45. The van der Waals surface area contributed by atoms with Gasteiger partial charge in [0.05, 0.1) is 11.9 Å². The van der Waals surface area contributed by atoms with Crippen molar-refractivity contribution in [1.82, 2.24) is 15.4 Å². The van der Waals surface area contributed by atoms with Gasteiger partial charge in [0, 0.05) is 12.8 Å². The standard InChI is InChI=1S/C7H9N3O/c1-2-7(11)4-3-6-5-8-10-9-6/h2,5H,1,3-4H2,(H,8,9,10). The molecular formula is C7H9N3O. The number of allylic oxidation sites excluding steroid dienone is 1. The fraction of sp³-hybridized carbons (Fsp3) is 0.286. The fourth-order valence-electron chi connectivity index (χ4n) is 0.699. The lowest BCUT2D eigenvalue weighted by Crippen LogP contribution is -1.95. The number of aryl methyl sites for hydroxylation is 1. The van der Waals surface area contributed by atoms with Crippen molar-refractivity contribution in [2.45, 2.75) is 12.8 Å². The number of carbonyl (C=O) groups excluding carboxylic acids is 1. The van der Waals surface area contributed by atoms with Crippen LogP contribution < -0.4 is 0 Å². The zero-order valence-corrected chi connectivity index (χ0v) is 6.08. The van der Waals surface area contributed by atoms with Crippen molar-refractivity contribution in [2.24, 2.45) is 0 Å². The molecule has 0 bridgehead atoms. The Hall–Kier alpha value is -1.45. The molecule has 1 rings (SSSR count). The lowest BCUT2D eigenvalue weighted by molar-refractivity contribution is -0.114. The summed E-state index contributed by atoms with van der Waals surface area (Å²) >= 11 is 0. The molecule has 0 aliphatic carbocycles. The summed E-state index contributed by atoms with van der Waals surface area (Å²) in [7, 11) is 0. The van der Waals surface area contributed by atoms with Gasteiger partial charge in [-0.2, -0.15) is 15.4 Å². The molecule has 4 heteroatoms. The van der Waals surface area contributed by atoms with Crippen LogP contribution in [0.1, 0.15) is 12.1 Å². The Bertz CT molecular complexity index is 240. The molecule has 0 aromatic carbocycles. The maximum Gasteiger partial charge on any atom is 0.155 e. The number of nitrogens with one attached hydrogen (secondary N) is 1. The van der Waals surface area contributed by atoms with Gasteiger partial charge in [0.2, 0.25) is 0 Å². The Kier molecular flexibility index (Phi) is 2.54. The number of aromatic nitrogens is 3. The summed E-state index contributed by atoms with van der Waals surface area (Å²) in [5.74, 6) is 0.0352. The number of carbonyl (C=O) groups is 1. The fourth-order valence-corrected chi connectivity index (χ4v) is 0.699. The topological polar surface area (TPSA) is 58.6 Å². The molecule has 0 unspecified atom stereocenters. The van der Waals surface area contributed by atoms with Crippen LogP contribution in [-0.4, -0.2) is 21.2 Å². The van der Waals surface area contributed by atoms with Crippen molar-refractivity contribution in [3.05, 3.63) is 24.5 Å². The minimum atomic E-state index is 0.0352. The molecule has 0 radical (unpaired) electrons. The van der Waals surface area contributed by atoms with E-state index in [1.165, 1.54) is 6.08 Å². The van der Waals surface area contributed by atoms with Crippen LogP contribution in [0, 0.1) is 0 Å². The molecule has 0 fully saturated rings. The molecule has 0 amide bonds. The number of aromatic amines is 1. The maximum absolute atomic E-state index is 10.7. The highest BCUT2D eigenvalue weighted by Crippen LogP contribution is 1.96. The quantitative estimate of drug-likeness (QED) is 0.637. The SMILES string of the molecule is C=CC(=O)CCc1cn[nH]n1. The molecule has 1 aromatic rings. The van der Waals surface area contributed by atoms with Crippen LogP contribution in [0.2, 0.25) is 0 Å². The molecule has 0 saturated heterocycles. The molecule has 1 aromatic heterocycles. The first-order valence-corrected chi connectivity index (χ1v) is 3.33. The highest BCUT2D eigenvalue weighted by molar-refractivity contribution is 5.89. The zero-order chi connectivity index (χ0) is 8.10. The summed E-state index contributed by atoms with van der Waals surface area (Å²) in [5, 5.41) is 9.89. The molecular weight excluding hydrogens is 142 g/mol. The van der Waals surface area contributed by atoms with Gasteiger partial charge in [0.25, 0.3) is 0 Å². The van der Waals surface area contributed by atoms with Gasteiger partial charge in [-0.1, -0.05) is 6.58 Å². The van der Waals surface area contributed by atoms with E-state index in [1.807, 2.05) is 0 Å². The molecule has 0 saturated carbocycles. The van der Waals surface area contributed by atoms with Gasteiger partial charge in [-0.05, 0) is 6.08 Å². The number of H-pyrrole nitrogens is 1. The van der Waals surface area contributed by atoms with Crippen LogP contribution in [0.3, 0.4) is 0 Å². The van der Waals surface area contributed by atoms with Crippen LogP contribution in [0.15, 0.2) is 18.9 Å². The number of rotatable bonds is 4. The van der Waals surface area contributed by atoms with E-state index in [0.29, 0.717) is 12.8 Å². The van der Waals surface area contributed by atoms with Gasteiger partial charge in [-0.15, -0.1) is 0 Å². The summed E-state index contributed by atoms with van der Waals surface area (Å²) in [6, 6.07) is 0. The first-order valence-electron chi connectivity index (χ1n) is 3.33.